The van der Waals surface area contributed by atoms with Gasteiger partial charge in [-0.05, 0) is 0 Å². The molecule has 1 unspecified atom stereocenters. The Bertz CT molecular complexity index is 27.2. The second-order valence-electron chi connectivity index (χ2n) is 0.217. The standard InChI is InChI=1S/H2O3S.3H2O/c1-4(2)3;;;/h(H2,1,2,3);3*1H2/p-1. The van der Waals surface area contributed by atoms with Gasteiger partial charge < -0.3 is 25.5 Å². The molecule has 7 N–H and O–H groups in total. The Morgan fingerprint density at radius 2 is 1.29 bits per heavy atom. The molecule has 0 radical (unpaired) electrons. The van der Waals surface area contributed by atoms with Crippen molar-refractivity contribution in [1.29, 1.82) is 0 Å². The van der Waals surface area contributed by atoms with E-state index in [0.717, 1.165) is 0 Å². The fraction of sp³-hybridized carbons (Fsp3) is 0. The Hall–Kier alpha value is -0.0500. The minimum Gasteiger partial charge on any atom is -0.750 e. The largest absolute Gasteiger partial charge is 0.750 e. The molecule has 7 heteroatoms. The summed E-state index contributed by atoms with van der Waals surface area (Å²) in [6, 6.07) is 0. The number of hydrogen-bond acceptors (Lipinski definition) is 2. The van der Waals surface area contributed by atoms with Crippen LogP contribution in [-0.4, -0.2) is 29.7 Å². The molecule has 0 aromatic heterocycles. The van der Waals surface area contributed by atoms with Crippen molar-refractivity contribution in [3.63, 3.8) is 0 Å². The second kappa shape index (κ2) is 16.8. The first-order chi connectivity index (χ1) is 1.73. The Morgan fingerprint density at radius 3 is 1.29 bits per heavy atom. The first-order valence-electron chi connectivity index (χ1n) is 0.516. The van der Waals surface area contributed by atoms with Crippen LogP contribution in [0.1, 0.15) is 0 Å². The zero-order chi connectivity index (χ0) is 3.58. The van der Waals surface area contributed by atoms with E-state index in [0.29, 0.717) is 0 Å². The molecule has 0 aliphatic heterocycles. The van der Waals surface area contributed by atoms with Crippen molar-refractivity contribution in [3.8, 4) is 0 Å². The van der Waals surface area contributed by atoms with Gasteiger partial charge >= 0.3 is 0 Å². The molecule has 0 aliphatic rings. The minimum atomic E-state index is -2.86. The van der Waals surface area contributed by atoms with E-state index in [-0.39, 0.29) is 16.4 Å². The van der Waals surface area contributed by atoms with E-state index in [1.807, 2.05) is 0 Å². The summed E-state index contributed by atoms with van der Waals surface area (Å²) in [6.07, 6.45) is 0. The van der Waals surface area contributed by atoms with Crippen LogP contribution in [0, 0.1) is 0 Å². The summed E-state index contributed by atoms with van der Waals surface area (Å²) in [5.74, 6) is 0. The van der Waals surface area contributed by atoms with E-state index in [1.165, 1.54) is 0 Å². The molecular weight excluding hydrogens is 128 g/mol. The third-order valence-corrected chi connectivity index (χ3v) is 0. The summed E-state index contributed by atoms with van der Waals surface area (Å²) in [5, 5.41) is 0. The van der Waals surface area contributed by atoms with Gasteiger partial charge in [0.05, 0.1) is 11.4 Å². The van der Waals surface area contributed by atoms with Gasteiger partial charge in [0, 0.05) is 0 Å². The molecule has 7 heavy (non-hydrogen) atoms. The lowest BCUT2D eigenvalue weighted by molar-refractivity contribution is 0.436. The van der Waals surface area contributed by atoms with Crippen molar-refractivity contribution in [3.05, 3.63) is 0 Å². The van der Waals surface area contributed by atoms with E-state index in [1.54, 1.807) is 0 Å². The van der Waals surface area contributed by atoms with E-state index < -0.39 is 11.4 Å². The summed E-state index contributed by atoms with van der Waals surface area (Å²) in [4.78, 5) is 0. The average Bonchev–Trinajstić information content (AvgIpc) is 0.811. The summed E-state index contributed by atoms with van der Waals surface area (Å²) in [5.41, 5.74) is 0. The van der Waals surface area contributed by atoms with Gasteiger partial charge in [-0.3, -0.25) is 0 Å². The zero-order valence-corrected chi connectivity index (χ0v) is 3.99. The SMILES string of the molecule is O.O.O.O=S([O-])O. The van der Waals surface area contributed by atoms with Crippen molar-refractivity contribution in [2.75, 3.05) is 0 Å². The molecule has 0 aromatic carbocycles. The van der Waals surface area contributed by atoms with Crippen molar-refractivity contribution < 1.29 is 29.7 Å². The van der Waals surface area contributed by atoms with Crippen molar-refractivity contribution >= 4 is 11.4 Å². The maximum atomic E-state index is 8.56. The topological polar surface area (TPSA) is 155 Å². The van der Waals surface area contributed by atoms with Gasteiger partial charge in [0.1, 0.15) is 0 Å². The monoisotopic (exact) mass is 135 g/mol. The molecular formula is H7O6S-. The van der Waals surface area contributed by atoms with Crippen LogP contribution in [-0.2, 0) is 11.4 Å². The molecule has 0 saturated carbocycles. The molecule has 50 valence electrons. The van der Waals surface area contributed by atoms with Gasteiger partial charge in [0.2, 0.25) is 0 Å². The number of hydrogen-bond donors (Lipinski definition) is 1. The predicted molar refractivity (Wildman–Crippen MR) is 22.4 cm³/mol. The highest BCUT2D eigenvalue weighted by Crippen LogP contribution is 1.43. The van der Waals surface area contributed by atoms with Gasteiger partial charge in [0.15, 0.2) is 0 Å². The van der Waals surface area contributed by atoms with Crippen LogP contribution >= 0.6 is 0 Å². The number of rotatable bonds is 0. The fourth-order valence-corrected chi connectivity index (χ4v) is 0. The molecule has 0 spiro atoms. The molecule has 0 rings (SSSR count). The van der Waals surface area contributed by atoms with E-state index in [9.17, 15) is 0 Å². The van der Waals surface area contributed by atoms with Crippen molar-refractivity contribution in [1.82, 2.24) is 0 Å². The molecule has 0 amide bonds. The predicted octanol–water partition coefficient (Wildman–Crippen LogP) is -3.14. The minimum absolute atomic E-state index is 0. The van der Waals surface area contributed by atoms with Gasteiger partial charge in [-0.25, -0.2) is 4.21 Å². The fourth-order valence-electron chi connectivity index (χ4n) is 0. The Balaban J connectivity index is -0.0000000150. The summed E-state index contributed by atoms with van der Waals surface area (Å²) < 4.78 is 24.1. The quantitative estimate of drug-likeness (QED) is 0.349. The Morgan fingerprint density at radius 1 is 1.29 bits per heavy atom. The summed E-state index contributed by atoms with van der Waals surface area (Å²) >= 11 is -2.86. The van der Waals surface area contributed by atoms with Crippen molar-refractivity contribution in [2.24, 2.45) is 0 Å². The molecule has 1 atom stereocenters. The molecule has 6 nitrogen and oxygen atoms in total. The van der Waals surface area contributed by atoms with E-state index >= 15 is 0 Å². The third-order valence-electron chi connectivity index (χ3n) is 0. The van der Waals surface area contributed by atoms with Gasteiger partial charge in [0.25, 0.3) is 0 Å². The first kappa shape index (κ1) is 28.3. The van der Waals surface area contributed by atoms with Gasteiger partial charge in [-0.1, -0.05) is 0 Å². The molecule has 0 saturated heterocycles. The van der Waals surface area contributed by atoms with Crippen LogP contribution in [0.2, 0.25) is 0 Å². The zero-order valence-electron chi connectivity index (χ0n) is 3.17. The van der Waals surface area contributed by atoms with Crippen LogP contribution in [0.3, 0.4) is 0 Å². The second-order valence-corrected chi connectivity index (χ2v) is 0.651. The third kappa shape index (κ3) is 37100. The van der Waals surface area contributed by atoms with Crippen LogP contribution in [0.25, 0.3) is 0 Å². The van der Waals surface area contributed by atoms with E-state index in [2.05, 4.69) is 0 Å². The lowest BCUT2D eigenvalue weighted by Crippen LogP contribution is -1.75. The van der Waals surface area contributed by atoms with Gasteiger partial charge in [-0.2, -0.15) is 0 Å². The van der Waals surface area contributed by atoms with E-state index in [4.69, 9.17) is 13.3 Å². The smallest absolute Gasteiger partial charge is 0.0814 e. The van der Waals surface area contributed by atoms with Crippen LogP contribution in [0.5, 0.6) is 0 Å². The van der Waals surface area contributed by atoms with Crippen LogP contribution in [0.4, 0.5) is 0 Å². The maximum absolute atomic E-state index is 8.56. The molecule has 0 aromatic rings. The van der Waals surface area contributed by atoms with Crippen LogP contribution < -0.4 is 0 Å². The Kier molecular flexibility index (Phi) is 67.7. The summed E-state index contributed by atoms with van der Waals surface area (Å²) in [7, 11) is 0. The maximum Gasteiger partial charge on any atom is 0.0814 e. The molecule has 0 aliphatic carbocycles. The highest BCUT2D eigenvalue weighted by molar-refractivity contribution is 7.73. The molecule has 0 heterocycles. The van der Waals surface area contributed by atoms with Crippen molar-refractivity contribution in [2.45, 2.75) is 0 Å². The first-order valence-corrected chi connectivity index (χ1v) is 1.55. The Labute approximate surface area is 42.2 Å². The molecule has 0 fully saturated rings. The highest BCUT2D eigenvalue weighted by Gasteiger charge is 1.42. The molecule has 0 bridgehead atoms. The lowest BCUT2D eigenvalue weighted by atomic mass is 15.8. The lowest BCUT2D eigenvalue weighted by Gasteiger charge is -1.83. The van der Waals surface area contributed by atoms with Gasteiger partial charge in [-0.15, -0.1) is 0 Å². The summed E-state index contributed by atoms with van der Waals surface area (Å²) in [6.45, 7) is 0. The normalized spacial score (nSPS) is 8.86. The average molecular weight is 135 g/mol. The van der Waals surface area contributed by atoms with Crippen LogP contribution in [0.15, 0.2) is 0 Å². The highest BCUT2D eigenvalue weighted by atomic mass is 32.2.